The summed E-state index contributed by atoms with van der Waals surface area (Å²) in [6.45, 7) is 16.4. The molecule has 3 N–H and O–H groups in total. The average molecular weight is 381 g/mol. The van der Waals surface area contributed by atoms with Crippen molar-refractivity contribution in [2.75, 3.05) is 0 Å². The maximum absolute atomic E-state index is 9.84. The number of primary amides is 1. The molecule has 6 nitrogen and oxygen atoms in total. The van der Waals surface area contributed by atoms with Crippen LogP contribution in [0.4, 0.5) is 0 Å². The molecule has 0 spiro atoms. The van der Waals surface area contributed by atoms with Crippen LogP contribution in [0, 0.1) is 0 Å². The van der Waals surface area contributed by atoms with E-state index in [1.807, 2.05) is 36.4 Å². The van der Waals surface area contributed by atoms with Gasteiger partial charge in [0.15, 0.2) is 0 Å². The number of rotatable bonds is 6. The molecule has 0 heterocycles. The number of hydrogen-bond donors (Lipinski definition) is 2. The summed E-state index contributed by atoms with van der Waals surface area (Å²) < 4.78 is 0. The standard InChI is InChI=1S/C8H8.C5H6O4.C4H6.C3H5NO.Na/c1-2-8-6-4-3-5-7-8;1-3(5(8)9)2-4(6)7;1-3-4-2;1-2-3(4)5;/h2-7H,1H2;1-2H2,(H,6,7)(H,8,9);3-4H,1-2H2;2H,1H2,(H2,4,5);/q;;;;+1/p-1. The van der Waals surface area contributed by atoms with E-state index in [1.54, 1.807) is 12.2 Å². The fourth-order valence-electron chi connectivity index (χ4n) is 0.839. The minimum atomic E-state index is -1.43. The van der Waals surface area contributed by atoms with Crippen molar-refractivity contribution in [3.8, 4) is 0 Å². The van der Waals surface area contributed by atoms with Crippen molar-refractivity contribution >= 4 is 23.9 Å². The summed E-state index contributed by atoms with van der Waals surface area (Å²) in [5, 5.41) is 17.7. The SMILES string of the molecule is C=C(CC(=O)[O-])C(=O)O.C=CC(N)=O.C=CC=C.C=Cc1ccccc1.[Na+]. The van der Waals surface area contributed by atoms with Gasteiger partial charge in [-0.2, -0.15) is 0 Å². The Kier molecular flexibility index (Phi) is 27.7. The Morgan fingerprint density at radius 3 is 1.59 bits per heavy atom. The molecule has 0 radical (unpaired) electrons. The summed E-state index contributed by atoms with van der Waals surface area (Å²) >= 11 is 0. The molecule has 140 valence electrons. The summed E-state index contributed by atoms with van der Waals surface area (Å²) in [5.41, 5.74) is 5.34. The maximum Gasteiger partial charge on any atom is 1.00 e. The Morgan fingerprint density at radius 1 is 1.04 bits per heavy atom. The smallest absolute Gasteiger partial charge is 0.550 e. The predicted octanol–water partition coefficient (Wildman–Crippen LogP) is -0.883. The van der Waals surface area contributed by atoms with E-state index in [1.165, 1.54) is 5.56 Å². The van der Waals surface area contributed by atoms with Gasteiger partial charge in [0.2, 0.25) is 5.91 Å². The number of carboxylic acid groups (broad SMARTS) is 2. The molecule has 1 rings (SSSR count). The Morgan fingerprint density at radius 2 is 1.44 bits per heavy atom. The zero-order chi connectivity index (χ0) is 21.0. The molecule has 1 aromatic carbocycles. The Hall–Kier alpha value is -2.67. The van der Waals surface area contributed by atoms with Gasteiger partial charge in [-0.15, -0.1) is 0 Å². The second kappa shape index (κ2) is 23.3. The van der Waals surface area contributed by atoms with Crippen molar-refractivity contribution in [2.45, 2.75) is 6.42 Å². The molecule has 1 aromatic rings. The molecule has 0 aromatic heterocycles. The fourth-order valence-corrected chi connectivity index (χ4v) is 0.839. The fraction of sp³-hybridized carbons (Fsp3) is 0.0500. The van der Waals surface area contributed by atoms with Crippen molar-refractivity contribution in [3.05, 3.63) is 92.6 Å². The van der Waals surface area contributed by atoms with Gasteiger partial charge in [0.05, 0.1) is 0 Å². The van der Waals surface area contributed by atoms with E-state index in [0.29, 0.717) is 0 Å². The average Bonchev–Trinajstić information content (AvgIpc) is 2.63. The third-order valence-corrected chi connectivity index (χ3v) is 2.06. The summed E-state index contributed by atoms with van der Waals surface area (Å²) in [4.78, 5) is 29.0. The molecule has 0 bridgehead atoms. The van der Waals surface area contributed by atoms with Gasteiger partial charge in [-0.25, -0.2) is 4.79 Å². The Bertz CT molecular complexity index is 619. The van der Waals surface area contributed by atoms with Crippen molar-refractivity contribution in [2.24, 2.45) is 5.73 Å². The van der Waals surface area contributed by atoms with E-state index >= 15 is 0 Å². The molecule has 1 amide bonds. The van der Waals surface area contributed by atoms with Crippen LogP contribution in [0.5, 0.6) is 0 Å². The van der Waals surface area contributed by atoms with Gasteiger partial charge >= 0.3 is 35.5 Å². The first-order valence-electron chi connectivity index (χ1n) is 7.09. The Labute approximate surface area is 182 Å². The molecule has 0 aliphatic heterocycles. The first-order valence-corrected chi connectivity index (χ1v) is 7.09. The molecule has 0 atom stereocenters. The normalized spacial score (nSPS) is 7.26. The van der Waals surface area contributed by atoms with Gasteiger partial charge in [-0.1, -0.05) is 81.5 Å². The second-order valence-corrected chi connectivity index (χ2v) is 4.15. The van der Waals surface area contributed by atoms with Crippen LogP contribution in [0.3, 0.4) is 0 Å². The Balaban J connectivity index is -0.000000135. The number of allylic oxidation sites excluding steroid dienone is 2. The van der Waals surface area contributed by atoms with Crippen molar-refractivity contribution < 1.29 is 54.2 Å². The van der Waals surface area contributed by atoms with Crippen LogP contribution in [-0.2, 0) is 14.4 Å². The van der Waals surface area contributed by atoms with Gasteiger partial charge in [0.25, 0.3) is 0 Å². The third-order valence-electron chi connectivity index (χ3n) is 2.06. The number of hydrogen-bond acceptors (Lipinski definition) is 4. The predicted molar refractivity (Wildman–Crippen MR) is 103 cm³/mol. The number of carbonyl (C=O) groups excluding carboxylic acids is 2. The molecule has 0 unspecified atom stereocenters. The van der Waals surface area contributed by atoms with Crippen LogP contribution >= 0.6 is 0 Å². The maximum atomic E-state index is 9.84. The summed E-state index contributed by atoms with van der Waals surface area (Å²) in [7, 11) is 0. The van der Waals surface area contributed by atoms with Gasteiger partial charge in [0.1, 0.15) is 0 Å². The number of nitrogens with two attached hydrogens (primary N) is 1. The molecule has 0 saturated carbocycles. The number of amides is 1. The zero-order valence-electron chi connectivity index (χ0n) is 15.6. The summed E-state index contributed by atoms with van der Waals surface area (Å²) in [6, 6.07) is 10.0. The minimum absolute atomic E-state index is 0. The molecule has 0 aliphatic carbocycles. The molecule has 0 fully saturated rings. The van der Waals surface area contributed by atoms with Gasteiger partial charge in [-0.05, 0) is 11.6 Å². The minimum Gasteiger partial charge on any atom is -0.550 e. The van der Waals surface area contributed by atoms with E-state index in [4.69, 9.17) is 5.11 Å². The van der Waals surface area contributed by atoms with E-state index < -0.39 is 24.3 Å². The van der Waals surface area contributed by atoms with Crippen LogP contribution in [0.25, 0.3) is 6.08 Å². The summed E-state index contributed by atoms with van der Waals surface area (Å²) in [5.74, 6) is -3.22. The number of aliphatic carboxylic acids is 2. The van der Waals surface area contributed by atoms with Crippen molar-refractivity contribution in [1.82, 2.24) is 0 Å². The number of carboxylic acids is 2. The van der Waals surface area contributed by atoms with E-state index in [0.717, 1.165) is 6.08 Å². The molecule has 0 aliphatic rings. The van der Waals surface area contributed by atoms with Crippen LogP contribution in [0.15, 0.2) is 87.0 Å². The quantitative estimate of drug-likeness (QED) is 0.377. The van der Waals surface area contributed by atoms with Gasteiger partial charge < -0.3 is 20.7 Å². The first-order chi connectivity index (χ1) is 12.2. The number of carbonyl (C=O) groups is 3. The molecular weight excluding hydrogens is 357 g/mol. The van der Waals surface area contributed by atoms with Gasteiger partial charge in [-0.3, -0.25) is 4.79 Å². The molecular formula is C20H24NNaO5. The van der Waals surface area contributed by atoms with Crippen molar-refractivity contribution in [3.63, 3.8) is 0 Å². The molecule has 27 heavy (non-hydrogen) atoms. The van der Waals surface area contributed by atoms with E-state index in [-0.39, 0.29) is 35.1 Å². The molecule has 7 heteroatoms. The third kappa shape index (κ3) is 31.6. The van der Waals surface area contributed by atoms with Crippen LogP contribution in [0.1, 0.15) is 12.0 Å². The van der Waals surface area contributed by atoms with Crippen LogP contribution in [0.2, 0.25) is 0 Å². The monoisotopic (exact) mass is 381 g/mol. The van der Waals surface area contributed by atoms with E-state index in [9.17, 15) is 19.5 Å². The second-order valence-electron chi connectivity index (χ2n) is 4.15. The van der Waals surface area contributed by atoms with Crippen LogP contribution < -0.4 is 40.4 Å². The topological polar surface area (TPSA) is 121 Å². The molecule has 0 saturated heterocycles. The van der Waals surface area contributed by atoms with Crippen molar-refractivity contribution in [1.29, 1.82) is 0 Å². The zero-order valence-corrected chi connectivity index (χ0v) is 17.6. The van der Waals surface area contributed by atoms with E-state index in [2.05, 4.69) is 38.6 Å². The van der Waals surface area contributed by atoms with Gasteiger partial charge in [0, 0.05) is 18.0 Å². The largest absolute Gasteiger partial charge is 1.00 e. The number of benzene rings is 1. The summed E-state index contributed by atoms with van der Waals surface area (Å²) in [6.07, 6.45) is 5.55. The first kappa shape index (κ1) is 32.0. The van der Waals surface area contributed by atoms with Crippen LogP contribution in [-0.4, -0.2) is 23.0 Å².